The topological polar surface area (TPSA) is 130 Å². The Hall–Kier alpha value is -3.73. The number of benzene rings is 1. The van der Waals surface area contributed by atoms with Crippen LogP contribution in [0.4, 0.5) is 5.69 Å². The fourth-order valence-corrected chi connectivity index (χ4v) is 3.35. The van der Waals surface area contributed by atoms with E-state index in [0.29, 0.717) is 16.3 Å². The van der Waals surface area contributed by atoms with Gasteiger partial charge in [-0.15, -0.1) is 16.4 Å². The number of esters is 1. The van der Waals surface area contributed by atoms with Crippen LogP contribution in [0.2, 0.25) is 0 Å². The van der Waals surface area contributed by atoms with E-state index in [2.05, 4.69) is 10.4 Å². The second kappa shape index (κ2) is 8.33. The van der Waals surface area contributed by atoms with E-state index in [-0.39, 0.29) is 36.9 Å². The summed E-state index contributed by atoms with van der Waals surface area (Å²) >= 11 is 1.37. The molecular weight excluding hydrogens is 414 g/mol. The Morgan fingerprint density at radius 1 is 1.27 bits per heavy atom. The van der Waals surface area contributed by atoms with Crippen molar-refractivity contribution in [1.29, 1.82) is 0 Å². The van der Waals surface area contributed by atoms with Gasteiger partial charge in [-0.25, -0.2) is 4.79 Å². The molecule has 4 rings (SSSR count). The van der Waals surface area contributed by atoms with Crippen LogP contribution in [-0.2, 0) is 20.9 Å². The number of anilines is 1. The van der Waals surface area contributed by atoms with Gasteiger partial charge in [0.15, 0.2) is 19.0 Å². The normalized spacial score (nSPS) is 12.6. The minimum Gasteiger partial charge on any atom is -0.482 e. The second-order valence-electron chi connectivity index (χ2n) is 6.26. The highest BCUT2D eigenvalue weighted by Gasteiger charge is 2.19. The summed E-state index contributed by atoms with van der Waals surface area (Å²) in [6, 6.07) is 8.11. The zero-order valence-corrected chi connectivity index (χ0v) is 16.3. The molecule has 0 saturated carbocycles. The van der Waals surface area contributed by atoms with Crippen molar-refractivity contribution in [3.8, 4) is 16.5 Å². The highest BCUT2D eigenvalue weighted by molar-refractivity contribution is 7.13. The van der Waals surface area contributed by atoms with E-state index in [1.807, 2.05) is 5.38 Å². The van der Waals surface area contributed by atoms with Crippen LogP contribution in [0.15, 0.2) is 44.9 Å². The van der Waals surface area contributed by atoms with Crippen LogP contribution in [0.3, 0.4) is 0 Å². The molecule has 0 aliphatic carbocycles. The Kier molecular flexibility index (Phi) is 5.44. The standard InChI is InChI=1S/C19H15N3O7S/c23-13(11-3-4-14-12(8-11)20-16(24)10-27-14)9-28-17(25)5-6-22-19(26)29-18(21-22)15-2-1-7-30-15/h1-4,7-8H,5-6,9-10H2,(H,20,24). The maximum atomic E-state index is 12.3. The number of rotatable bonds is 7. The van der Waals surface area contributed by atoms with E-state index in [9.17, 15) is 19.2 Å². The lowest BCUT2D eigenvalue weighted by molar-refractivity contribution is -0.142. The first-order valence-electron chi connectivity index (χ1n) is 8.87. The summed E-state index contributed by atoms with van der Waals surface area (Å²) in [4.78, 5) is 48.1. The zero-order valence-electron chi connectivity index (χ0n) is 15.5. The largest absolute Gasteiger partial charge is 0.482 e. The molecule has 11 heteroatoms. The molecule has 1 aliphatic heterocycles. The van der Waals surface area contributed by atoms with Crippen molar-refractivity contribution < 1.29 is 28.3 Å². The predicted octanol–water partition coefficient (Wildman–Crippen LogP) is 1.71. The molecule has 3 heterocycles. The molecule has 0 radical (unpaired) electrons. The lowest BCUT2D eigenvalue weighted by Gasteiger charge is -2.18. The third-order valence-electron chi connectivity index (χ3n) is 4.16. The molecule has 1 amide bonds. The van der Waals surface area contributed by atoms with Crippen molar-refractivity contribution in [2.24, 2.45) is 0 Å². The van der Waals surface area contributed by atoms with Crippen LogP contribution in [0, 0.1) is 0 Å². The molecular formula is C19H15N3O7S. The number of hydrogen-bond donors (Lipinski definition) is 1. The number of nitrogens with one attached hydrogen (secondary N) is 1. The van der Waals surface area contributed by atoms with Gasteiger partial charge < -0.3 is 19.2 Å². The number of ether oxygens (including phenoxy) is 2. The lowest BCUT2D eigenvalue weighted by atomic mass is 10.1. The second-order valence-corrected chi connectivity index (χ2v) is 7.20. The van der Waals surface area contributed by atoms with E-state index in [4.69, 9.17) is 13.9 Å². The third-order valence-corrected chi connectivity index (χ3v) is 5.02. The first-order chi connectivity index (χ1) is 14.5. The van der Waals surface area contributed by atoms with Gasteiger partial charge in [0.2, 0.25) is 0 Å². The zero-order chi connectivity index (χ0) is 21.1. The number of aromatic nitrogens is 2. The van der Waals surface area contributed by atoms with Crippen molar-refractivity contribution in [2.75, 3.05) is 18.5 Å². The quantitative estimate of drug-likeness (QED) is 0.444. The minimum absolute atomic E-state index is 0.0387. The molecule has 0 spiro atoms. The van der Waals surface area contributed by atoms with Crippen LogP contribution in [0.5, 0.6) is 5.75 Å². The first kappa shape index (κ1) is 19.6. The van der Waals surface area contributed by atoms with Crippen molar-refractivity contribution in [3.05, 3.63) is 51.8 Å². The van der Waals surface area contributed by atoms with Crippen LogP contribution >= 0.6 is 11.3 Å². The summed E-state index contributed by atoms with van der Waals surface area (Å²) < 4.78 is 16.3. The van der Waals surface area contributed by atoms with Crippen molar-refractivity contribution >= 4 is 34.7 Å². The summed E-state index contributed by atoms with van der Waals surface area (Å²) in [6.07, 6.45) is -0.155. The molecule has 1 aliphatic rings. The highest BCUT2D eigenvalue weighted by atomic mass is 32.1. The van der Waals surface area contributed by atoms with Gasteiger partial charge in [-0.05, 0) is 29.6 Å². The molecule has 1 aromatic carbocycles. The number of thiophene rings is 1. The van der Waals surface area contributed by atoms with Gasteiger partial charge in [-0.2, -0.15) is 4.68 Å². The van der Waals surface area contributed by atoms with Gasteiger partial charge in [0, 0.05) is 5.56 Å². The van der Waals surface area contributed by atoms with Gasteiger partial charge in [0.1, 0.15) is 5.75 Å². The van der Waals surface area contributed by atoms with Crippen molar-refractivity contribution in [3.63, 3.8) is 0 Å². The summed E-state index contributed by atoms with van der Waals surface area (Å²) in [5, 5.41) is 8.47. The molecule has 154 valence electrons. The van der Waals surface area contributed by atoms with E-state index in [1.165, 1.54) is 23.5 Å². The number of aryl methyl sites for hydroxylation is 1. The number of ketones is 1. The van der Waals surface area contributed by atoms with E-state index >= 15 is 0 Å². The highest BCUT2D eigenvalue weighted by Crippen LogP contribution is 2.28. The van der Waals surface area contributed by atoms with E-state index < -0.39 is 24.1 Å². The number of carbonyl (C=O) groups excluding carboxylic acids is 3. The van der Waals surface area contributed by atoms with Crippen molar-refractivity contribution in [2.45, 2.75) is 13.0 Å². The number of carbonyl (C=O) groups is 3. The molecule has 0 fully saturated rings. The molecule has 10 nitrogen and oxygen atoms in total. The fourth-order valence-electron chi connectivity index (χ4n) is 2.70. The third kappa shape index (κ3) is 4.30. The summed E-state index contributed by atoms with van der Waals surface area (Å²) in [5.74, 6) is -1.45. The van der Waals surface area contributed by atoms with Gasteiger partial charge >= 0.3 is 11.7 Å². The van der Waals surface area contributed by atoms with E-state index in [0.717, 1.165) is 4.68 Å². The average molecular weight is 429 g/mol. The monoisotopic (exact) mass is 429 g/mol. The molecule has 3 aromatic rings. The van der Waals surface area contributed by atoms with Crippen LogP contribution < -0.4 is 15.8 Å². The Labute approximate surface area is 173 Å². The lowest BCUT2D eigenvalue weighted by Crippen LogP contribution is -2.25. The number of fused-ring (bicyclic) bond motifs is 1. The van der Waals surface area contributed by atoms with Gasteiger partial charge in [-0.3, -0.25) is 14.4 Å². The SMILES string of the molecule is O=C1COc2ccc(C(=O)COC(=O)CCn3nc(-c4cccs4)oc3=O)cc2N1. The number of hydrogen-bond acceptors (Lipinski definition) is 9. The minimum atomic E-state index is -0.680. The van der Waals surface area contributed by atoms with Crippen molar-refractivity contribution in [1.82, 2.24) is 9.78 Å². The molecule has 30 heavy (non-hydrogen) atoms. The van der Waals surface area contributed by atoms with Crippen LogP contribution in [-0.4, -0.2) is 40.7 Å². The maximum absolute atomic E-state index is 12.3. The van der Waals surface area contributed by atoms with Gasteiger partial charge in [0.25, 0.3) is 11.8 Å². The maximum Gasteiger partial charge on any atom is 0.437 e. The number of Topliss-reactive ketones (excluding diaryl/α,β-unsaturated/α-hetero) is 1. The summed E-state index contributed by atoms with van der Waals surface area (Å²) in [5.41, 5.74) is 0.649. The van der Waals surface area contributed by atoms with Gasteiger partial charge in [0.05, 0.1) is 23.5 Å². The van der Waals surface area contributed by atoms with Crippen LogP contribution in [0.1, 0.15) is 16.8 Å². The molecule has 0 atom stereocenters. The van der Waals surface area contributed by atoms with Crippen LogP contribution in [0.25, 0.3) is 10.8 Å². The van der Waals surface area contributed by atoms with Gasteiger partial charge in [-0.1, -0.05) is 6.07 Å². The number of amides is 1. The number of nitrogens with zero attached hydrogens (tertiary/aromatic N) is 2. The molecule has 1 N–H and O–H groups in total. The Bertz CT molecular complexity index is 1160. The summed E-state index contributed by atoms with van der Waals surface area (Å²) in [7, 11) is 0. The molecule has 2 aromatic heterocycles. The average Bonchev–Trinajstić information content (AvgIpc) is 3.39. The predicted molar refractivity (Wildman–Crippen MR) is 105 cm³/mol. The molecule has 0 bridgehead atoms. The Balaban J connectivity index is 1.30. The molecule has 0 saturated heterocycles. The molecule has 0 unspecified atom stereocenters. The fraction of sp³-hybridized carbons (Fsp3) is 0.211. The summed E-state index contributed by atoms with van der Waals surface area (Å²) in [6.45, 7) is -0.592. The first-order valence-corrected chi connectivity index (χ1v) is 9.75. The Morgan fingerprint density at radius 3 is 2.93 bits per heavy atom. The Morgan fingerprint density at radius 2 is 2.13 bits per heavy atom. The van der Waals surface area contributed by atoms with E-state index in [1.54, 1.807) is 18.2 Å². The smallest absolute Gasteiger partial charge is 0.437 e.